The Morgan fingerprint density at radius 3 is 2.44 bits per heavy atom. The van der Waals surface area contributed by atoms with Crippen molar-refractivity contribution in [2.75, 3.05) is 0 Å². The summed E-state index contributed by atoms with van der Waals surface area (Å²) in [4.78, 5) is 22.5. The molecule has 0 spiro atoms. The maximum atomic E-state index is 11.8. The highest BCUT2D eigenvalue weighted by Gasteiger charge is 2.48. The van der Waals surface area contributed by atoms with Crippen LogP contribution in [0.4, 0.5) is 0 Å². The van der Waals surface area contributed by atoms with Gasteiger partial charge in [0.2, 0.25) is 5.91 Å². The molecule has 3 unspecified atom stereocenters. The summed E-state index contributed by atoms with van der Waals surface area (Å²) in [6.45, 7) is 1.89. The molecule has 1 amide bonds. The molecule has 0 bridgehead atoms. The maximum absolute atomic E-state index is 11.8. The van der Waals surface area contributed by atoms with Gasteiger partial charge in [0, 0.05) is 4.47 Å². The number of rotatable bonds is 4. The van der Waals surface area contributed by atoms with E-state index in [2.05, 4.69) is 21.2 Å². The first-order valence-corrected chi connectivity index (χ1v) is 6.57. The van der Waals surface area contributed by atoms with E-state index < -0.39 is 11.9 Å². The van der Waals surface area contributed by atoms with Crippen molar-refractivity contribution in [2.45, 2.75) is 19.4 Å². The van der Waals surface area contributed by atoms with E-state index in [0.29, 0.717) is 6.42 Å². The number of aliphatic carboxylic acids is 1. The van der Waals surface area contributed by atoms with Crippen molar-refractivity contribution in [1.29, 1.82) is 0 Å². The lowest BCUT2D eigenvalue weighted by atomic mass is 10.1. The standard InChI is InChI=1S/C13H14BrNO3/c1-7(8-2-4-9(14)5-3-8)15-12(16)10-6-11(10)13(17)18/h2-5,7,10-11H,6H2,1H3,(H,15,16)(H,17,18). The van der Waals surface area contributed by atoms with E-state index in [4.69, 9.17) is 5.11 Å². The number of hydrogen-bond donors (Lipinski definition) is 2. The van der Waals surface area contributed by atoms with Crippen LogP contribution in [0.1, 0.15) is 24.9 Å². The van der Waals surface area contributed by atoms with Crippen molar-refractivity contribution in [2.24, 2.45) is 11.8 Å². The smallest absolute Gasteiger partial charge is 0.307 e. The summed E-state index contributed by atoms with van der Waals surface area (Å²) in [6.07, 6.45) is 0.453. The molecular formula is C13H14BrNO3. The predicted molar refractivity (Wildman–Crippen MR) is 69.9 cm³/mol. The Hall–Kier alpha value is -1.36. The second-order valence-corrected chi connectivity index (χ2v) is 5.48. The molecule has 2 N–H and O–H groups in total. The normalized spacial score (nSPS) is 23.2. The van der Waals surface area contributed by atoms with E-state index in [1.807, 2.05) is 31.2 Å². The molecule has 0 radical (unpaired) electrons. The number of nitrogens with one attached hydrogen (secondary N) is 1. The predicted octanol–water partition coefficient (Wildman–Crippen LogP) is 2.35. The molecule has 4 nitrogen and oxygen atoms in total. The Morgan fingerprint density at radius 2 is 1.94 bits per heavy atom. The van der Waals surface area contributed by atoms with Crippen molar-refractivity contribution in [3.8, 4) is 0 Å². The van der Waals surface area contributed by atoms with E-state index in [-0.39, 0.29) is 17.9 Å². The highest BCUT2D eigenvalue weighted by atomic mass is 79.9. The second kappa shape index (κ2) is 5.10. The summed E-state index contributed by atoms with van der Waals surface area (Å²) in [5.41, 5.74) is 0.999. The van der Waals surface area contributed by atoms with Crippen molar-refractivity contribution in [3.05, 3.63) is 34.3 Å². The van der Waals surface area contributed by atoms with Gasteiger partial charge in [0.25, 0.3) is 0 Å². The highest BCUT2D eigenvalue weighted by molar-refractivity contribution is 9.10. The largest absolute Gasteiger partial charge is 0.481 e. The molecule has 1 aromatic rings. The van der Waals surface area contributed by atoms with E-state index in [9.17, 15) is 9.59 Å². The zero-order valence-corrected chi connectivity index (χ0v) is 11.5. The van der Waals surface area contributed by atoms with Gasteiger partial charge in [-0.05, 0) is 31.0 Å². The zero-order valence-electron chi connectivity index (χ0n) is 9.89. The van der Waals surface area contributed by atoms with Crippen molar-refractivity contribution in [1.82, 2.24) is 5.32 Å². The molecule has 18 heavy (non-hydrogen) atoms. The molecule has 1 aliphatic carbocycles. The van der Waals surface area contributed by atoms with Crippen molar-refractivity contribution < 1.29 is 14.7 Å². The Morgan fingerprint density at radius 1 is 1.33 bits per heavy atom. The molecule has 2 rings (SSSR count). The topological polar surface area (TPSA) is 66.4 Å². The lowest BCUT2D eigenvalue weighted by molar-refractivity contribution is -0.140. The van der Waals surface area contributed by atoms with Crippen LogP contribution in [-0.4, -0.2) is 17.0 Å². The third kappa shape index (κ3) is 2.90. The van der Waals surface area contributed by atoms with Gasteiger partial charge < -0.3 is 10.4 Å². The first-order valence-electron chi connectivity index (χ1n) is 5.77. The van der Waals surface area contributed by atoms with Crippen LogP contribution in [0.15, 0.2) is 28.7 Å². The third-order valence-corrected chi connectivity index (χ3v) is 3.70. The van der Waals surface area contributed by atoms with Crippen LogP contribution in [0.3, 0.4) is 0 Å². The van der Waals surface area contributed by atoms with Gasteiger partial charge >= 0.3 is 5.97 Å². The monoisotopic (exact) mass is 311 g/mol. The minimum atomic E-state index is -0.883. The van der Waals surface area contributed by atoms with Crippen LogP contribution in [0.25, 0.3) is 0 Å². The fourth-order valence-corrected chi connectivity index (χ4v) is 2.18. The van der Waals surface area contributed by atoms with Gasteiger partial charge in [0.1, 0.15) is 0 Å². The molecule has 0 heterocycles. The van der Waals surface area contributed by atoms with E-state index >= 15 is 0 Å². The molecule has 1 saturated carbocycles. The average Bonchev–Trinajstić information content (AvgIpc) is 3.09. The average molecular weight is 312 g/mol. The Balaban J connectivity index is 1.92. The molecule has 1 aliphatic rings. The number of halogens is 1. The molecule has 96 valence electrons. The number of amides is 1. The number of benzene rings is 1. The summed E-state index contributed by atoms with van der Waals surface area (Å²) in [5, 5.41) is 11.6. The first-order chi connectivity index (χ1) is 8.49. The van der Waals surface area contributed by atoms with Gasteiger partial charge in [-0.3, -0.25) is 9.59 Å². The maximum Gasteiger partial charge on any atom is 0.307 e. The van der Waals surface area contributed by atoms with E-state index in [1.165, 1.54) is 0 Å². The third-order valence-electron chi connectivity index (χ3n) is 3.17. The van der Waals surface area contributed by atoms with Gasteiger partial charge in [0.05, 0.1) is 17.9 Å². The molecule has 5 heteroatoms. The lowest BCUT2D eigenvalue weighted by Crippen LogP contribution is -2.29. The van der Waals surface area contributed by atoms with Gasteiger partial charge in [-0.15, -0.1) is 0 Å². The van der Waals surface area contributed by atoms with Crippen LogP contribution < -0.4 is 5.32 Å². The van der Waals surface area contributed by atoms with Gasteiger partial charge in [-0.25, -0.2) is 0 Å². The molecule has 0 aliphatic heterocycles. The number of hydrogen-bond acceptors (Lipinski definition) is 2. The van der Waals surface area contributed by atoms with Crippen molar-refractivity contribution >= 4 is 27.8 Å². The summed E-state index contributed by atoms with van der Waals surface area (Å²) in [6, 6.07) is 7.57. The van der Waals surface area contributed by atoms with Crippen LogP contribution in [0.2, 0.25) is 0 Å². The fourth-order valence-electron chi connectivity index (χ4n) is 1.91. The van der Waals surface area contributed by atoms with E-state index in [0.717, 1.165) is 10.0 Å². The quantitative estimate of drug-likeness (QED) is 0.897. The van der Waals surface area contributed by atoms with Crippen LogP contribution in [-0.2, 0) is 9.59 Å². The summed E-state index contributed by atoms with van der Waals surface area (Å²) in [5.74, 6) is -1.91. The summed E-state index contributed by atoms with van der Waals surface area (Å²) < 4.78 is 0.984. The van der Waals surface area contributed by atoms with Crippen molar-refractivity contribution in [3.63, 3.8) is 0 Å². The number of carbonyl (C=O) groups is 2. The number of carboxylic acid groups (broad SMARTS) is 1. The van der Waals surface area contributed by atoms with Gasteiger partial charge in [-0.2, -0.15) is 0 Å². The lowest BCUT2D eigenvalue weighted by Gasteiger charge is -2.14. The SMILES string of the molecule is CC(NC(=O)C1CC1C(=O)O)c1ccc(Br)cc1. The number of carbonyl (C=O) groups excluding carboxylic acids is 1. The van der Waals surface area contributed by atoms with Gasteiger partial charge in [-0.1, -0.05) is 28.1 Å². The zero-order chi connectivity index (χ0) is 13.3. The second-order valence-electron chi connectivity index (χ2n) is 4.57. The molecule has 1 fully saturated rings. The number of carboxylic acids is 1. The molecule has 0 saturated heterocycles. The summed E-state index contributed by atoms with van der Waals surface area (Å²) in [7, 11) is 0. The van der Waals surface area contributed by atoms with Crippen LogP contribution >= 0.6 is 15.9 Å². The molecular weight excluding hydrogens is 298 g/mol. The minimum Gasteiger partial charge on any atom is -0.481 e. The highest BCUT2D eigenvalue weighted by Crippen LogP contribution is 2.39. The molecule has 1 aromatic carbocycles. The van der Waals surface area contributed by atoms with Crippen LogP contribution in [0, 0.1) is 11.8 Å². The van der Waals surface area contributed by atoms with E-state index in [1.54, 1.807) is 0 Å². The Labute approximate surface area is 114 Å². The molecule has 3 atom stereocenters. The molecule has 0 aromatic heterocycles. The minimum absolute atomic E-state index is 0.111. The summed E-state index contributed by atoms with van der Waals surface area (Å²) >= 11 is 3.35. The van der Waals surface area contributed by atoms with Gasteiger partial charge in [0.15, 0.2) is 0 Å². The fraction of sp³-hybridized carbons (Fsp3) is 0.385. The first kappa shape index (κ1) is 13.1. The van der Waals surface area contributed by atoms with Crippen LogP contribution in [0.5, 0.6) is 0 Å². The Bertz CT molecular complexity index is 472. The Kier molecular flexibility index (Phi) is 3.71.